The molecule has 12 heteroatoms. The van der Waals surface area contributed by atoms with Crippen molar-refractivity contribution >= 4 is 86.4 Å². The number of benzene rings is 3. The molecule has 0 unspecified atom stereocenters. The maximum Gasteiger partial charge on any atom is 0.294 e. The van der Waals surface area contributed by atoms with Crippen molar-refractivity contribution in [1.29, 1.82) is 0 Å². The van der Waals surface area contributed by atoms with Crippen LogP contribution in [0.25, 0.3) is 6.08 Å². The average molecular weight is 699 g/mol. The van der Waals surface area contributed by atoms with Crippen LogP contribution in [0.3, 0.4) is 0 Å². The molecule has 0 aliphatic carbocycles. The highest BCUT2D eigenvalue weighted by Crippen LogP contribution is 2.38. The molecule has 3 aromatic rings. The van der Waals surface area contributed by atoms with Crippen LogP contribution in [0.5, 0.6) is 17.2 Å². The van der Waals surface area contributed by atoms with E-state index in [1.54, 1.807) is 61.7 Å². The van der Waals surface area contributed by atoms with Crippen LogP contribution in [0.1, 0.15) is 11.1 Å². The summed E-state index contributed by atoms with van der Waals surface area (Å²) in [6.07, 6.45) is 1.58. The highest BCUT2D eigenvalue weighted by atomic mass is 127. The van der Waals surface area contributed by atoms with Gasteiger partial charge in [-0.05, 0) is 100 Å². The Kier molecular flexibility index (Phi) is 9.65. The van der Waals surface area contributed by atoms with Gasteiger partial charge in [0.15, 0.2) is 11.5 Å². The van der Waals surface area contributed by atoms with E-state index < -0.39 is 23.6 Å². The van der Waals surface area contributed by atoms with Crippen molar-refractivity contribution in [1.82, 2.24) is 4.90 Å². The highest BCUT2D eigenvalue weighted by molar-refractivity contribution is 14.1. The minimum Gasteiger partial charge on any atom is -0.497 e. The molecule has 0 saturated carbocycles. The summed E-state index contributed by atoms with van der Waals surface area (Å²) in [7, 11) is 3.05. The normalized spacial score (nSPS) is 14.1. The maximum absolute atomic E-state index is 13.0. The first kappa shape index (κ1) is 29.1. The Balaban J connectivity index is 1.45. The van der Waals surface area contributed by atoms with Gasteiger partial charge < -0.3 is 19.5 Å². The quantitative estimate of drug-likeness (QED) is 0.193. The summed E-state index contributed by atoms with van der Waals surface area (Å²) in [5.41, 5.74) is 1.98. The Morgan fingerprint density at radius 1 is 1.03 bits per heavy atom. The molecule has 0 atom stereocenters. The summed E-state index contributed by atoms with van der Waals surface area (Å²) in [6.45, 7) is -0.170. The van der Waals surface area contributed by atoms with Gasteiger partial charge in [-0.15, -0.1) is 0 Å². The van der Waals surface area contributed by atoms with Crippen LogP contribution in [0, 0.1) is 3.57 Å². The lowest BCUT2D eigenvalue weighted by Gasteiger charge is -2.14. The Bertz CT molecular complexity index is 1470. The number of anilines is 1. The molecule has 1 saturated heterocycles. The fourth-order valence-corrected chi connectivity index (χ4v) is 5.49. The lowest BCUT2D eigenvalue weighted by atomic mass is 10.1. The van der Waals surface area contributed by atoms with Gasteiger partial charge in [0.1, 0.15) is 18.9 Å². The minimum atomic E-state index is -0.552. The topological polar surface area (TPSA) is 94.2 Å². The molecule has 3 amide bonds. The Morgan fingerprint density at radius 3 is 2.44 bits per heavy atom. The van der Waals surface area contributed by atoms with Crippen LogP contribution in [0.2, 0.25) is 10.0 Å². The van der Waals surface area contributed by atoms with E-state index in [0.29, 0.717) is 38.5 Å². The van der Waals surface area contributed by atoms with Crippen molar-refractivity contribution in [3.63, 3.8) is 0 Å². The third-order valence-electron chi connectivity index (χ3n) is 5.47. The van der Waals surface area contributed by atoms with E-state index in [0.717, 1.165) is 25.8 Å². The molecule has 0 aromatic heterocycles. The van der Waals surface area contributed by atoms with Gasteiger partial charge in [-0.2, -0.15) is 0 Å². The molecule has 1 aliphatic heterocycles. The van der Waals surface area contributed by atoms with Gasteiger partial charge in [0.05, 0.1) is 32.7 Å². The van der Waals surface area contributed by atoms with Gasteiger partial charge in [0.25, 0.3) is 11.1 Å². The summed E-state index contributed by atoms with van der Waals surface area (Å²) in [4.78, 5) is 39.1. The van der Waals surface area contributed by atoms with Crippen molar-refractivity contribution < 1.29 is 28.6 Å². The van der Waals surface area contributed by atoms with Gasteiger partial charge in [-0.1, -0.05) is 29.3 Å². The van der Waals surface area contributed by atoms with E-state index in [2.05, 4.69) is 27.9 Å². The third kappa shape index (κ3) is 7.18. The van der Waals surface area contributed by atoms with E-state index >= 15 is 0 Å². The summed E-state index contributed by atoms with van der Waals surface area (Å²) in [5, 5.41) is 3.03. The minimum absolute atomic E-state index is 0.194. The molecule has 0 radical (unpaired) electrons. The SMILES string of the molecule is COc1ccc(NC(=O)CN2C(=O)S/C(=C/c3cc(I)c(OCc4ccc(Cl)c(Cl)c4)c(OC)c3)C2=O)cc1. The smallest absolute Gasteiger partial charge is 0.294 e. The molecule has 202 valence electrons. The Hall–Kier alpha value is -2.93. The molecule has 8 nitrogen and oxygen atoms in total. The molecule has 3 aromatic carbocycles. The summed E-state index contributed by atoms with van der Waals surface area (Å²) in [5.74, 6) is 0.560. The zero-order valence-corrected chi connectivity index (χ0v) is 25.1. The van der Waals surface area contributed by atoms with Gasteiger partial charge in [0, 0.05) is 5.69 Å². The maximum atomic E-state index is 13.0. The number of rotatable bonds is 9. The number of halogens is 3. The van der Waals surface area contributed by atoms with Crippen molar-refractivity contribution in [3.8, 4) is 17.2 Å². The first-order valence-electron chi connectivity index (χ1n) is 11.3. The van der Waals surface area contributed by atoms with E-state index in [-0.39, 0.29) is 11.5 Å². The summed E-state index contributed by atoms with van der Waals surface area (Å²) < 4.78 is 17.3. The van der Waals surface area contributed by atoms with E-state index in [1.807, 2.05) is 6.07 Å². The van der Waals surface area contributed by atoms with Crippen molar-refractivity contribution in [2.45, 2.75) is 6.61 Å². The zero-order valence-electron chi connectivity index (χ0n) is 20.6. The number of amides is 3. The Morgan fingerprint density at radius 2 is 1.77 bits per heavy atom. The lowest BCUT2D eigenvalue weighted by Crippen LogP contribution is -2.36. The molecule has 39 heavy (non-hydrogen) atoms. The number of ether oxygens (including phenoxy) is 3. The molecule has 1 fully saturated rings. The van der Waals surface area contributed by atoms with Crippen molar-refractivity contribution in [2.75, 3.05) is 26.1 Å². The zero-order chi connectivity index (χ0) is 28.1. The first-order chi connectivity index (χ1) is 18.7. The average Bonchev–Trinajstić information content (AvgIpc) is 3.17. The van der Waals surface area contributed by atoms with Crippen LogP contribution in [-0.2, 0) is 16.2 Å². The van der Waals surface area contributed by atoms with Crippen LogP contribution in [-0.4, -0.2) is 42.7 Å². The highest BCUT2D eigenvalue weighted by Gasteiger charge is 2.36. The van der Waals surface area contributed by atoms with Gasteiger partial charge in [-0.3, -0.25) is 19.3 Å². The number of methoxy groups -OCH3 is 2. The summed E-state index contributed by atoms with van der Waals surface area (Å²) >= 11 is 14.9. The van der Waals surface area contributed by atoms with Gasteiger partial charge in [-0.25, -0.2) is 0 Å². The summed E-state index contributed by atoms with van der Waals surface area (Å²) in [6, 6.07) is 15.5. The molecule has 1 N–H and O–H groups in total. The molecular formula is C27H21Cl2IN2O6S. The molecule has 1 heterocycles. The standard InChI is InChI=1S/C27H21Cl2IN2O6S/c1-36-18-6-4-17(5-7-18)31-24(33)13-32-26(34)23(39-27(32)35)12-16-10-21(30)25(22(11-16)37-2)38-14-15-3-8-19(28)20(29)9-15/h3-12H,13-14H2,1-2H3,(H,31,33)/b23-12+. The van der Waals surface area contributed by atoms with E-state index in [9.17, 15) is 14.4 Å². The van der Waals surface area contributed by atoms with Crippen LogP contribution in [0.15, 0.2) is 59.5 Å². The number of hydrogen-bond acceptors (Lipinski definition) is 7. The number of carbonyl (C=O) groups is 3. The molecule has 0 bridgehead atoms. The largest absolute Gasteiger partial charge is 0.497 e. The van der Waals surface area contributed by atoms with Gasteiger partial charge in [0.2, 0.25) is 5.91 Å². The fourth-order valence-electron chi connectivity index (χ4n) is 3.55. The van der Waals surface area contributed by atoms with E-state index in [4.69, 9.17) is 37.4 Å². The second-order valence-corrected chi connectivity index (χ2v) is 11.1. The number of carbonyl (C=O) groups excluding carboxylic acids is 3. The number of hydrogen-bond donors (Lipinski definition) is 1. The monoisotopic (exact) mass is 698 g/mol. The number of imide groups is 1. The molecule has 4 rings (SSSR count). The Labute approximate surface area is 252 Å². The van der Waals surface area contributed by atoms with Crippen molar-refractivity contribution in [2.24, 2.45) is 0 Å². The third-order valence-corrected chi connectivity index (χ3v) is 7.91. The predicted molar refractivity (Wildman–Crippen MR) is 161 cm³/mol. The van der Waals surface area contributed by atoms with Crippen LogP contribution >= 0.6 is 57.6 Å². The van der Waals surface area contributed by atoms with Gasteiger partial charge >= 0.3 is 0 Å². The lowest BCUT2D eigenvalue weighted by molar-refractivity contribution is -0.127. The number of thioether (sulfide) groups is 1. The van der Waals surface area contributed by atoms with E-state index in [1.165, 1.54) is 7.11 Å². The first-order valence-corrected chi connectivity index (χ1v) is 14.0. The molecule has 1 aliphatic rings. The number of nitrogens with one attached hydrogen (secondary N) is 1. The second kappa shape index (κ2) is 12.9. The fraction of sp³-hybridized carbons (Fsp3) is 0.148. The predicted octanol–water partition coefficient (Wildman–Crippen LogP) is 6.87. The number of nitrogens with zero attached hydrogens (tertiary/aromatic N) is 1. The van der Waals surface area contributed by atoms with Crippen molar-refractivity contribution in [3.05, 3.63) is 84.2 Å². The molecule has 0 spiro atoms. The van der Waals surface area contributed by atoms with Crippen LogP contribution in [0.4, 0.5) is 10.5 Å². The molecular weight excluding hydrogens is 678 g/mol. The van der Waals surface area contributed by atoms with Crippen LogP contribution < -0.4 is 19.5 Å². The second-order valence-electron chi connectivity index (χ2n) is 8.12.